The lowest BCUT2D eigenvalue weighted by molar-refractivity contribution is 0.0658. The maximum Gasteiger partial charge on any atom is 0.272 e. The fraction of sp³-hybridized carbons (Fsp3) is 0.647. The molecule has 120 valence electrons. The van der Waals surface area contributed by atoms with Crippen molar-refractivity contribution in [1.82, 2.24) is 14.8 Å². The van der Waals surface area contributed by atoms with Crippen LogP contribution in [0.1, 0.15) is 30.3 Å². The number of piperidine rings is 1. The Morgan fingerprint density at radius 3 is 2.73 bits per heavy atom. The van der Waals surface area contributed by atoms with Gasteiger partial charge in [0.15, 0.2) is 0 Å². The first-order chi connectivity index (χ1) is 10.6. The number of carbonyl (C=O) groups is 1. The van der Waals surface area contributed by atoms with Crippen LogP contribution in [-0.2, 0) is 0 Å². The van der Waals surface area contributed by atoms with E-state index in [9.17, 15) is 4.79 Å². The minimum atomic E-state index is 0.0695. The van der Waals surface area contributed by atoms with Gasteiger partial charge in [-0.1, -0.05) is 6.92 Å². The van der Waals surface area contributed by atoms with Gasteiger partial charge in [-0.05, 0) is 37.9 Å². The third-order valence-corrected chi connectivity index (χ3v) is 4.78. The van der Waals surface area contributed by atoms with Crippen LogP contribution in [0.15, 0.2) is 18.3 Å². The molecular weight excluding hydrogens is 276 g/mol. The van der Waals surface area contributed by atoms with Gasteiger partial charge in [-0.25, -0.2) is 0 Å². The molecule has 3 rings (SSSR count). The van der Waals surface area contributed by atoms with Crippen LogP contribution >= 0.6 is 0 Å². The molecule has 2 aliphatic heterocycles. The summed E-state index contributed by atoms with van der Waals surface area (Å²) >= 11 is 0. The van der Waals surface area contributed by atoms with Crippen LogP contribution in [0.5, 0.6) is 0 Å². The molecule has 0 aromatic carbocycles. The maximum atomic E-state index is 12.6. The number of carbonyl (C=O) groups excluding carboxylic acids is 1. The molecule has 0 bridgehead atoms. The Labute approximate surface area is 132 Å². The first-order valence-electron chi connectivity index (χ1n) is 8.32. The Bertz CT molecular complexity index is 525. The van der Waals surface area contributed by atoms with E-state index in [-0.39, 0.29) is 5.91 Å². The molecule has 2 aliphatic rings. The zero-order chi connectivity index (χ0) is 15.5. The van der Waals surface area contributed by atoms with E-state index in [1.807, 2.05) is 17.0 Å². The molecule has 5 nitrogen and oxygen atoms in total. The van der Waals surface area contributed by atoms with Crippen molar-refractivity contribution < 1.29 is 4.79 Å². The molecule has 1 amide bonds. The van der Waals surface area contributed by atoms with Crippen molar-refractivity contribution in [1.29, 1.82) is 0 Å². The second kappa shape index (κ2) is 6.65. The Balaban J connectivity index is 1.71. The monoisotopic (exact) mass is 302 g/mol. The number of likely N-dealkylation sites (N-methyl/N-ethyl adjacent to an activating group) is 1. The first kappa shape index (κ1) is 15.3. The first-order valence-corrected chi connectivity index (χ1v) is 8.32. The van der Waals surface area contributed by atoms with Crippen molar-refractivity contribution in [2.24, 2.45) is 5.92 Å². The van der Waals surface area contributed by atoms with Crippen LogP contribution in [0.2, 0.25) is 0 Å². The summed E-state index contributed by atoms with van der Waals surface area (Å²) in [7, 11) is 2.10. The van der Waals surface area contributed by atoms with Gasteiger partial charge in [0.2, 0.25) is 0 Å². The summed E-state index contributed by atoms with van der Waals surface area (Å²) in [5.41, 5.74) is 1.72. The van der Waals surface area contributed by atoms with Crippen molar-refractivity contribution in [3.05, 3.63) is 24.0 Å². The van der Waals surface area contributed by atoms with Crippen molar-refractivity contribution in [3.63, 3.8) is 0 Å². The second-order valence-electron chi connectivity index (χ2n) is 6.69. The highest BCUT2D eigenvalue weighted by Gasteiger charge is 2.23. The highest BCUT2D eigenvalue weighted by Crippen LogP contribution is 2.23. The number of pyridine rings is 1. The topological polar surface area (TPSA) is 39.7 Å². The third-order valence-electron chi connectivity index (χ3n) is 4.78. The zero-order valence-corrected chi connectivity index (χ0v) is 13.7. The lowest BCUT2D eigenvalue weighted by Crippen LogP contribution is -2.47. The van der Waals surface area contributed by atoms with E-state index >= 15 is 0 Å². The molecule has 1 unspecified atom stereocenters. The van der Waals surface area contributed by atoms with Gasteiger partial charge in [0, 0.05) is 51.2 Å². The van der Waals surface area contributed by atoms with Crippen molar-refractivity contribution in [2.45, 2.75) is 19.8 Å². The fourth-order valence-electron chi connectivity index (χ4n) is 3.33. The van der Waals surface area contributed by atoms with Crippen molar-refractivity contribution in [3.8, 4) is 0 Å². The molecule has 1 aromatic rings. The summed E-state index contributed by atoms with van der Waals surface area (Å²) in [6.07, 6.45) is 4.30. The maximum absolute atomic E-state index is 12.6. The van der Waals surface area contributed by atoms with Crippen molar-refractivity contribution in [2.75, 3.05) is 51.2 Å². The number of aromatic nitrogens is 1. The zero-order valence-electron chi connectivity index (χ0n) is 13.7. The molecule has 22 heavy (non-hydrogen) atoms. The smallest absolute Gasteiger partial charge is 0.272 e. The van der Waals surface area contributed by atoms with E-state index in [0.717, 1.165) is 50.9 Å². The molecular formula is C17H26N4O. The van der Waals surface area contributed by atoms with Gasteiger partial charge in [-0.15, -0.1) is 0 Å². The van der Waals surface area contributed by atoms with Gasteiger partial charge in [-0.3, -0.25) is 9.78 Å². The number of hydrogen-bond acceptors (Lipinski definition) is 4. The van der Waals surface area contributed by atoms with E-state index in [0.29, 0.717) is 5.69 Å². The van der Waals surface area contributed by atoms with Crippen LogP contribution in [0.3, 0.4) is 0 Å². The average Bonchev–Trinajstić information content (AvgIpc) is 2.55. The van der Waals surface area contributed by atoms with Gasteiger partial charge in [-0.2, -0.15) is 0 Å². The lowest BCUT2D eigenvalue weighted by Gasteiger charge is -2.34. The molecule has 2 fully saturated rings. The van der Waals surface area contributed by atoms with Crippen LogP contribution < -0.4 is 4.90 Å². The van der Waals surface area contributed by atoms with Gasteiger partial charge in [0.1, 0.15) is 5.69 Å². The van der Waals surface area contributed by atoms with Crippen LogP contribution in [0.25, 0.3) is 0 Å². The predicted molar refractivity (Wildman–Crippen MR) is 88.2 cm³/mol. The van der Waals surface area contributed by atoms with Crippen LogP contribution in [0.4, 0.5) is 5.69 Å². The summed E-state index contributed by atoms with van der Waals surface area (Å²) < 4.78 is 0. The summed E-state index contributed by atoms with van der Waals surface area (Å²) in [5.74, 6) is 0.790. The number of anilines is 1. The van der Waals surface area contributed by atoms with E-state index < -0.39 is 0 Å². The molecule has 0 aliphatic carbocycles. The molecule has 0 spiro atoms. The fourth-order valence-corrected chi connectivity index (χ4v) is 3.33. The summed E-state index contributed by atoms with van der Waals surface area (Å²) in [6.45, 7) is 7.92. The van der Waals surface area contributed by atoms with E-state index in [1.165, 1.54) is 12.8 Å². The predicted octanol–water partition coefficient (Wildman–Crippen LogP) is 1.71. The lowest BCUT2D eigenvalue weighted by atomic mass is 10.00. The molecule has 3 heterocycles. The number of nitrogens with zero attached hydrogens (tertiary/aromatic N) is 4. The highest BCUT2D eigenvalue weighted by molar-refractivity contribution is 5.93. The SMILES string of the molecule is CC1CCCN(c2ccnc(C(=O)N3CCN(C)CC3)c2)C1. The third kappa shape index (κ3) is 3.40. The standard InChI is InChI=1S/C17H26N4O/c1-14-4-3-7-21(13-14)15-5-6-18-16(12-15)17(22)20-10-8-19(2)9-11-20/h5-6,12,14H,3-4,7-11,13H2,1-2H3. The highest BCUT2D eigenvalue weighted by atomic mass is 16.2. The number of hydrogen-bond donors (Lipinski definition) is 0. The van der Waals surface area contributed by atoms with Crippen LogP contribution in [0, 0.1) is 5.92 Å². The number of rotatable bonds is 2. The Morgan fingerprint density at radius 1 is 1.23 bits per heavy atom. The van der Waals surface area contributed by atoms with Crippen molar-refractivity contribution >= 4 is 11.6 Å². The molecule has 0 saturated carbocycles. The normalized spacial score (nSPS) is 23.6. The van der Waals surface area contributed by atoms with Gasteiger partial charge in [0.25, 0.3) is 5.91 Å². The van der Waals surface area contributed by atoms with E-state index in [4.69, 9.17) is 0 Å². The van der Waals surface area contributed by atoms with Gasteiger partial charge in [0.05, 0.1) is 0 Å². The van der Waals surface area contributed by atoms with Gasteiger partial charge < -0.3 is 14.7 Å². The quantitative estimate of drug-likeness (QED) is 0.834. The summed E-state index contributed by atoms with van der Waals surface area (Å²) in [6, 6.07) is 4.00. The average molecular weight is 302 g/mol. The second-order valence-corrected chi connectivity index (χ2v) is 6.69. The number of piperazine rings is 1. The minimum Gasteiger partial charge on any atom is -0.371 e. The largest absolute Gasteiger partial charge is 0.371 e. The molecule has 2 saturated heterocycles. The Kier molecular flexibility index (Phi) is 4.62. The molecule has 0 radical (unpaired) electrons. The Morgan fingerprint density at radius 2 is 2.00 bits per heavy atom. The molecule has 0 N–H and O–H groups in total. The number of amides is 1. The summed E-state index contributed by atoms with van der Waals surface area (Å²) in [4.78, 5) is 23.5. The van der Waals surface area contributed by atoms with Crippen LogP contribution in [-0.4, -0.2) is 67.0 Å². The minimum absolute atomic E-state index is 0.0695. The Hall–Kier alpha value is -1.62. The molecule has 1 aromatic heterocycles. The van der Waals surface area contributed by atoms with Gasteiger partial charge >= 0.3 is 0 Å². The summed E-state index contributed by atoms with van der Waals surface area (Å²) in [5, 5.41) is 0. The molecule has 5 heteroatoms. The molecule has 1 atom stereocenters. The van der Waals surface area contributed by atoms with E-state index in [2.05, 4.69) is 28.8 Å². The van der Waals surface area contributed by atoms with E-state index in [1.54, 1.807) is 6.20 Å².